The number of aromatic nitrogens is 1. The van der Waals surface area contributed by atoms with E-state index in [-0.39, 0.29) is 5.41 Å². The lowest BCUT2D eigenvalue weighted by Crippen LogP contribution is -2.11. The van der Waals surface area contributed by atoms with Crippen LogP contribution in [0.15, 0.2) is 60.8 Å². The molecule has 0 amide bonds. The molecule has 0 N–H and O–H groups in total. The summed E-state index contributed by atoms with van der Waals surface area (Å²) in [6.07, 6.45) is 2.02. The molecule has 2 heterocycles. The van der Waals surface area contributed by atoms with E-state index in [0.29, 0.717) is 5.92 Å². The van der Waals surface area contributed by atoms with Crippen molar-refractivity contribution in [2.45, 2.75) is 52.9 Å². The van der Waals surface area contributed by atoms with Crippen molar-refractivity contribution in [2.75, 3.05) is 0 Å². The molecule has 4 aromatic rings. The number of benzene rings is 2. The number of thiophene rings is 1. The molecule has 0 saturated heterocycles. The van der Waals surface area contributed by atoms with E-state index >= 15 is 0 Å². The second-order valence-electron chi connectivity index (χ2n) is 9.33. The summed E-state index contributed by atoms with van der Waals surface area (Å²) in [5.74, 6) is 0.561. The standard InChI is InChI=1S/C27H29NS/c1-17(2)19-7-9-20(10-8-19)25-14-22-16-28-24(15-26(22)29-25)21-11-18(3)12-23(13-21)27(4,5)6/h7-17H,1-6H3. The molecule has 1 nitrogen and oxygen atoms in total. The Hall–Kier alpha value is -2.45. The Balaban J connectivity index is 1.73. The van der Waals surface area contributed by atoms with Crippen LogP contribution in [0.1, 0.15) is 57.2 Å². The normalized spacial score (nSPS) is 12.1. The third kappa shape index (κ3) is 4.13. The van der Waals surface area contributed by atoms with Gasteiger partial charge in [0.2, 0.25) is 0 Å². The Morgan fingerprint density at radius 3 is 2.24 bits per heavy atom. The average molecular weight is 400 g/mol. The van der Waals surface area contributed by atoms with Crippen molar-refractivity contribution in [3.05, 3.63) is 77.5 Å². The maximum atomic E-state index is 4.79. The zero-order valence-corrected chi connectivity index (χ0v) is 19.0. The molecule has 4 rings (SSSR count). The molecule has 0 aliphatic rings. The van der Waals surface area contributed by atoms with E-state index in [4.69, 9.17) is 4.98 Å². The SMILES string of the molecule is Cc1cc(-c2cc3sc(-c4ccc(C(C)C)cc4)cc3cn2)cc(C(C)(C)C)c1. The quantitative estimate of drug-likeness (QED) is 0.337. The topological polar surface area (TPSA) is 12.9 Å². The second-order valence-corrected chi connectivity index (χ2v) is 10.4. The van der Waals surface area contributed by atoms with E-state index in [1.54, 1.807) is 0 Å². The zero-order chi connectivity index (χ0) is 20.8. The van der Waals surface area contributed by atoms with Crippen molar-refractivity contribution in [3.63, 3.8) is 0 Å². The number of pyridine rings is 1. The monoisotopic (exact) mass is 399 g/mol. The van der Waals surface area contributed by atoms with Gasteiger partial charge in [-0.25, -0.2) is 0 Å². The Kier molecular flexibility index (Phi) is 5.08. The van der Waals surface area contributed by atoms with Crippen molar-refractivity contribution < 1.29 is 0 Å². The minimum Gasteiger partial charge on any atom is -0.256 e. The number of fused-ring (bicyclic) bond motifs is 1. The lowest BCUT2D eigenvalue weighted by molar-refractivity contribution is 0.590. The molecule has 29 heavy (non-hydrogen) atoms. The van der Waals surface area contributed by atoms with Crippen LogP contribution in [-0.2, 0) is 5.41 Å². The maximum absolute atomic E-state index is 4.79. The highest BCUT2D eigenvalue weighted by Crippen LogP contribution is 2.36. The van der Waals surface area contributed by atoms with Crippen molar-refractivity contribution in [2.24, 2.45) is 0 Å². The van der Waals surface area contributed by atoms with E-state index < -0.39 is 0 Å². The highest BCUT2D eigenvalue weighted by molar-refractivity contribution is 7.22. The van der Waals surface area contributed by atoms with Gasteiger partial charge in [-0.3, -0.25) is 4.98 Å². The molecule has 0 unspecified atom stereocenters. The minimum absolute atomic E-state index is 0.128. The van der Waals surface area contributed by atoms with Gasteiger partial charge in [0.25, 0.3) is 0 Å². The lowest BCUT2D eigenvalue weighted by Gasteiger charge is -2.20. The van der Waals surface area contributed by atoms with Crippen molar-refractivity contribution in [3.8, 4) is 21.7 Å². The first kappa shape index (κ1) is 19.8. The fourth-order valence-corrected chi connectivity index (χ4v) is 4.71. The smallest absolute Gasteiger partial charge is 0.0716 e. The molecule has 0 saturated carbocycles. The van der Waals surface area contributed by atoms with Crippen LogP contribution in [0.2, 0.25) is 0 Å². The highest BCUT2D eigenvalue weighted by Gasteiger charge is 2.16. The maximum Gasteiger partial charge on any atom is 0.0716 e. The van der Waals surface area contributed by atoms with Gasteiger partial charge >= 0.3 is 0 Å². The molecule has 0 atom stereocenters. The van der Waals surface area contributed by atoms with Crippen LogP contribution >= 0.6 is 11.3 Å². The van der Waals surface area contributed by atoms with Gasteiger partial charge in [-0.15, -0.1) is 11.3 Å². The number of hydrogen-bond donors (Lipinski definition) is 0. The third-order valence-corrected chi connectivity index (χ3v) is 6.65. The van der Waals surface area contributed by atoms with Gasteiger partial charge in [-0.2, -0.15) is 0 Å². The van der Waals surface area contributed by atoms with Crippen LogP contribution < -0.4 is 0 Å². The Labute approximate surface area is 178 Å². The number of rotatable bonds is 3. The summed E-state index contributed by atoms with van der Waals surface area (Å²) in [7, 11) is 0. The van der Waals surface area contributed by atoms with Gasteiger partial charge < -0.3 is 0 Å². The Morgan fingerprint density at radius 1 is 0.862 bits per heavy atom. The summed E-state index contributed by atoms with van der Waals surface area (Å²) >= 11 is 1.85. The molecule has 2 aromatic carbocycles. The first-order valence-electron chi connectivity index (χ1n) is 10.3. The molecule has 148 valence electrons. The number of aryl methyl sites for hydroxylation is 1. The Bertz CT molecular complexity index is 1160. The summed E-state index contributed by atoms with van der Waals surface area (Å²) in [5.41, 5.74) is 7.68. The first-order valence-corrected chi connectivity index (χ1v) is 11.1. The lowest BCUT2D eigenvalue weighted by atomic mass is 9.85. The first-order chi connectivity index (χ1) is 13.7. The largest absolute Gasteiger partial charge is 0.256 e. The van der Waals surface area contributed by atoms with E-state index in [0.717, 1.165) is 5.69 Å². The van der Waals surface area contributed by atoms with E-state index in [1.807, 2.05) is 17.5 Å². The predicted molar refractivity (Wildman–Crippen MR) is 128 cm³/mol. The van der Waals surface area contributed by atoms with Gasteiger partial charge in [0.1, 0.15) is 0 Å². The second kappa shape index (κ2) is 7.42. The van der Waals surface area contributed by atoms with Crippen LogP contribution in [0.4, 0.5) is 0 Å². The van der Waals surface area contributed by atoms with E-state index in [1.165, 1.54) is 42.8 Å². The summed E-state index contributed by atoms with van der Waals surface area (Å²) in [6, 6.07) is 20.3. The van der Waals surface area contributed by atoms with Crippen LogP contribution in [0.25, 0.3) is 31.8 Å². The number of hydrogen-bond acceptors (Lipinski definition) is 2. The highest BCUT2D eigenvalue weighted by atomic mass is 32.1. The van der Waals surface area contributed by atoms with Gasteiger partial charge in [0.05, 0.1) is 5.69 Å². The third-order valence-electron chi connectivity index (χ3n) is 5.50. The number of nitrogens with zero attached hydrogens (tertiary/aromatic N) is 1. The van der Waals surface area contributed by atoms with Crippen LogP contribution in [0.5, 0.6) is 0 Å². The molecular formula is C27H29NS. The summed E-state index contributed by atoms with van der Waals surface area (Å²) in [5, 5.41) is 1.21. The van der Waals surface area contributed by atoms with Gasteiger partial charge in [-0.1, -0.05) is 70.5 Å². The molecule has 2 heteroatoms. The van der Waals surface area contributed by atoms with Crippen molar-refractivity contribution in [1.29, 1.82) is 0 Å². The minimum atomic E-state index is 0.128. The van der Waals surface area contributed by atoms with Crippen molar-refractivity contribution in [1.82, 2.24) is 4.98 Å². The summed E-state index contributed by atoms with van der Waals surface area (Å²) in [4.78, 5) is 6.09. The van der Waals surface area contributed by atoms with Crippen LogP contribution in [0, 0.1) is 6.92 Å². The van der Waals surface area contributed by atoms with E-state index in [9.17, 15) is 0 Å². The molecule has 0 radical (unpaired) electrons. The van der Waals surface area contributed by atoms with Gasteiger partial charge in [-0.05, 0) is 59.2 Å². The van der Waals surface area contributed by atoms with Crippen LogP contribution in [-0.4, -0.2) is 4.98 Å². The molecule has 0 aliphatic heterocycles. The molecule has 0 aliphatic carbocycles. The van der Waals surface area contributed by atoms with Crippen molar-refractivity contribution >= 4 is 21.4 Å². The molecule has 0 spiro atoms. The zero-order valence-electron chi connectivity index (χ0n) is 18.2. The van der Waals surface area contributed by atoms with Gasteiger partial charge in [0.15, 0.2) is 0 Å². The Morgan fingerprint density at radius 2 is 1.59 bits per heavy atom. The van der Waals surface area contributed by atoms with Gasteiger partial charge in [0, 0.05) is 26.7 Å². The predicted octanol–water partition coefficient (Wildman–Crippen LogP) is 8.36. The summed E-state index contributed by atoms with van der Waals surface area (Å²) in [6.45, 7) is 13.4. The molecule has 2 aromatic heterocycles. The van der Waals surface area contributed by atoms with E-state index in [2.05, 4.69) is 96.1 Å². The fourth-order valence-electron chi connectivity index (χ4n) is 3.63. The average Bonchev–Trinajstić information content (AvgIpc) is 3.10. The fraction of sp³-hybridized carbons (Fsp3) is 0.296. The molecule has 0 bridgehead atoms. The molecular weight excluding hydrogens is 370 g/mol. The van der Waals surface area contributed by atoms with Crippen LogP contribution in [0.3, 0.4) is 0 Å². The summed E-state index contributed by atoms with van der Waals surface area (Å²) < 4.78 is 1.29. The molecule has 0 fully saturated rings.